The molecule has 3 N–H and O–H groups in total. The summed E-state index contributed by atoms with van der Waals surface area (Å²) in [5.74, 6) is -0.951. The van der Waals surface area contributed by atoms with E-state index in [0.717, 1.165) is 12.0 Å². The van der Waals surface area contributed by atoms with Crippen LogP contribution < -0.4 is 10.6 Å². The van der Waals surface area contributed by atoms with Crippen molar-refractivity contribution in [1.29, 1.82) is 0 Å². The number of carbonyl (C=O) groups is 2. The quantitative estimate of drug-likeness (QED) is 0.672. The lowest BCUT2D eigenvalue weighted by Crippen LogP contribution is -2.38. The predicted octanol–water partition coefficient (Wildman–Crippen LogP) is 1.43. The minimum atomic E-state index is -0.930. The van der Waals surface area contributed by atoms with Gasteiger partial charge in [-0.1, -0.05) is 19.1 Å². The fraction of sp³-hybridized carbons (Fsp3) is 0.467. The summed E-state index contributed by atoms with van der Waals surface area (Å²) < 4.78 is 0. The molecule has 5 nitrogen and oxygen atoms in total. The van der Waals surface area contributed by atoms with E-state index >= 15 is 0 Å². The number of rotatable bonds is 8. The van der Waals surface area contributed by atoms with Gasteiger partial charge in [-0.25, -0.2) is 4.79 Å². The Kier molecular flexibility index (Phi) is 6.73. The first-order chi connectivity index (χ1) is 9.52. The Morgan fingerprint density at radius 1 is 1.25 bits per heavy atom. The topological polar surface area (TPSA) is 78.4 Å². The zero-order chi connectivity index (χ0) is 15.0. The van der Waals surface area contributed by atoms with E-state index in [4.69, 9.17) is 5.11 Å². The highest BCUT2D eigenvalue weighted by Crippen LogP contribution is 2.04. The summed E-state index contributed by atoms with van der Waals surface area (Å²) in [6, 6.07) is 7.03. The van der Waals surface area contributed by atoms with Crippen LogP contribution in [-0.2, 0) is 11.2 Å². The average molecular weight is 278 g/mol. The van der Waals surface area contributed by atoms with Crippen molar-refractivity contribution < 1.29 is 14.7 Å². The van der Waals surface area contributed by atoms with Gasteiger partial charge in [-0.3, -0.25) is 4.79 Å². The fourth-order valence-corrected chi connectivity index (χ4v) is 1.63. The second-order valence-corrected chi connectivity index (χ2v) is 4.79. The Morgan fingerprint density at radius 3 is 2.45 bits per heavy atom. The van der Waals surface area contributed by atoms with Gasteiger partial charge in [0.25, 0.3) is 0 Å². The molecule has 1 unspecified atom stereocenters. The first-order valence-corrected chi connectivity index (χ1v) is 6.85. The number of benzene rings is 1. The maximum absolute atomic E-state index is 11.5. The largest absolute Gasteiger partial charge is 0.478 e. The van der Waals surface area contributed by atoms with Gasteiger partial charge >= 0.3 is 5.97 Å². The van der Waals surface area contributed by atoms with Crippen molar-refractivity contribution in [1.82, 2.24) is 10.6 Å². The van der Waals surface area contributed by atoms with Crippen molar-refractivity contribution >= 4 is 11.9 Å². The van der Waals surface area contributed by atoms with Crippen LogP contribution in [0.2, 0.25) is 0 Å². The van der Waals surface area contributed by atoms with Gasteiger partial charge in [0.05, 0.1) is 12.1 Å². The maximum atomic E-state index is 11.5. The molecule has 1 atom stereocenters. The van der Waals surface area contributed by atoms with Crippen molar-refractivity contribution in [2.75, 3.05) is 13.1 Å². The van der Waals surface area contributed by atoms with Gasteiger partial charge < -0.3 is 15.7 Å². The molecule has 0 bridgehead atoms. The Labute approximate surface area is 119 Å². The number of carboxylic acid groups (broad SMARTS) is 1. The zero-order valence-corrected chi connectivity index (χ0v) is 12.0. The molecule has 0 aliphatic carbocycles. The van der Waals surface area contributed by atoms with Crippen LogP contribution >= 0.6 is 0 Å². The van der Waals surface area contributed by atoms with Gasteiger partial charge in [0.2, 0.25) is 5.91 Å². The lowest BCUT2D eigenvalue weighted by Gasteiger charge is -2.11. The van der Waals surface area contributed by atoms with Crippen LogP contribution in [-0.4, -0.2) is 36.1 Å². The summed E-state index contributed by atoms with van der Waals surface area (Å²) in [7, 11) is 0. The Morgan fingerprint density at radius 2 is 1.90 bits per heavy atom. The second kappa shape index (κ2) is 8.32. The molecule has 0 spiro atoms. The normalized spacial score (nSPS) is 11.9. The molecular weight excluding hydrogens is 256 g/mol. The lowest BCUT2D eigenvalue weighted by atomic mass is 10.1. The molecule has 1 aromatic carbocycles. The third-order valence-corrected chi connectivity index (χ3v) is 3.16. The van der Waals surface area contributed by atoms with E-state index in [1.807, 2.05) is 6.92 Å². The van der Waals surface area contributed by atoms with Crippen LogP contribution in [0.25, 0.3) is 0 Å². The van der Waals surface area contributed by atoms with Crippen LogP contribution in [0.1, 0.15) is 36.2 Å². The fourth-order valence-electron chi connectivity index (χ4n) is 1.63. The van der Waals surface area contributed by atoms with E-state index in [0.29, 0.717) is 25.6 Å². The molecule has 110 valence electrons. The summed E-state index contributed by atoms with van der Waals surface area (Å²) in [4.78, 5) is 22.2. The van der Waals surface area contributed by atoms with Crippen LogP contribution in [0.3, 0.4) is 0 Å². The van der Waals surface area contributed by atoms with E-state index in [1.54, 1.807) is 24.3 Å². The molecule has 0 radical (unpaired) electrons. The summed E-state index contributed by atoms with van der Waals surface area (Å²) >= 11 is 0. The van der Waals surface area contributed by atoms with E-state index in [9.17, 15) is 9.59 Å². The number of hydrogen-bond donors (Lipinski definition) is 3. The van der Waals surface area contributed by atoms with Crippen molar-refractivity contribution in [3.63, 3.8) is 0 Å². The van der Waals surface area contributed by atoms with E-state index < -0.39 is 5.97 Å². The molecular formula is C15H22N2O3. The number of amides is 1. The van der Waals surface area contributed by atoms with Crippen molar-refractivity contribution in [2.24, 2.45) is 0 Å². The van der Waals surface area contributed by atoms with Crippen molar-refractivity contribution in [3.8, 4) is 0 Å². The SMILES string of the molecule is CCC(C)NCC(=O)NCCc1ccc(C(=O)O)cc1. The molecule has 0 heterocycles. The first kappa shape index (κ1) is 16.2. The smallest absolute Gasteiger partial charge is 0.335 e. The van der Waals surface area contributed by atoms with Crippen molar-refractivity contribution in [2.45, 2.75) is 32.7 Å². The lowest BCUT2D eigenvalue weighted by molar-refractivity contribution is -0.120. The van der Waals surface area contributed by atoms with Gasteiger partial charge in [0, 0.05) is 12.6 Å². The molecule has 0 saturated heterocycles. The maximum Gasteiger partial charge on any atom is 0.335 e. The van der Waals surface area contributed by atoms with E-state index in [1.165, 1.54) is 0 Å². The van der Waals surface area contributed by atoms with Gasteiger partial charge in [-0.15, -0.1) is 0 Å². The van der Waals surface area contributed by atoms with Crippen LogP contribution in [0.15, 0.2) is 24.3 Å². The van der Waals surface area contributed by atoms with Gasteiger partial charge in [-0.05, 0) is 37.5 Å². The molecule has 0 fully saturated rings. The van der Waals surface area contributed by atoms with Crippen LogP contribution in [0.4, 0.5) is 0 Å². The summed E-state index contributed by atoms with van der Waals surface area (Å²) in [6.45, 7) is 4.98. The standard InChI is InChI=1S/C15H22N2O3/c1-3-11(2)17-10-14(18)16-9-8-12-4-6-13(7-5-12)15(19)20/h4-7,11,17H,3,8-10H2,1-2H3,(H,16,18)(H,19,20). The Bertz CT molecular complexity index is 443. The predicted molar refractivity (Wildman–Crippen MR) is 77.9 cm³/mol. The number of nitrogens with one attached hydrogen (secondary N) is 2. The van der Waals surface area contributed by atoms with Crippen LogP contribution in [0.5, 0.6) is 0 Å². The molecule has 1 rings (SSSR count). The average Bonchev–Trinajstić information content (AvgIpc) is 2.45. The molecule has 0 saturated carbocycles. The van der Waals surface area contributed by atoms with Crippen molar-refractivity contribution in [3.05, 3.63) is 35.4 Å². The molecule has 5 heteroatoms. The molecule has 0 aliphatic heterocycles. The summed E-state index contributed by atoms with van der Waals surface area (Å²) in [6.07, 6.45) is 1.68. The number of aromatic carboxylic acids is 1. The minimum absolute atomic E-state index is 0.0209. The molecule has 1 amide bonds. The monoisotopic (exact) mass is 278 g/mol. The molecule has 0 aliphatic rings. The van der Waals surface area contributed by atoms with Gasteiger partial charge in [0.1, 0.15) is 0 Å². The van der Waals surface area contributed by atoms with E-state index in [2.05, 4.69) is 17.6 Å². The zero-order valence-electron chi connectivity index (χ0n) is 12.0. The minimum Gasteiger partial charge on any atom is -0.478 e. The van der Waals surface area contributed by atoms with Gasteiger partial charge in [0.15, 0.2) is 0 Å². The molecule has 1 aromatic rings. The highest BCUT2D eigenvalue weighted by molar-refractivity contribution is 5.87. The summed E-state index contributed by atoms with van der Waals surface area (Å²) in [5, 5.41) is 14.7. The third kappa shape index (κ3) is 5.84. The highest BCUT2D eigenvalue weighted by atomic mass is 16.4. The highest BCUT2D eigenvalue weighted by Gasteiger charge is 2.04. The third-order valence-electron chi connectivity index (χ3n) is 3.16. The number of carbonyl (C=O) groups excluding carboxylic acids is 1. The number of carboxylic acids is 1. The summed E-state index contributed by atoms with van der Waals surface area (Å²) in [5.41, 5.74) is 1.28. The molecule has 20 heavy (non-hydrogen) atoms. The van der Waals surface area contributed by atoms with E-state index in [-0.39, 0.29) is 11.5 Å². The number of hydrogen-bond acceptors (Lipinski definition) is 3. The van der Waals surface area contributed by atoms with Crippen LogP contribution in [0, 0.1) is 0 Å². The second-order valence-electron chi connectivity index (χ2n) is 4.79. The first-order valence-electron chi connectivity index (χ1n) is 6.85. The molecule has 0 aromatic heterocycles. The Hall–Kier alpha value is -1.88. The Balaban J connectivity index is 2.26. The van der Waals surface area contributed by atoms with Gasteiger partial charge in [-0.2, -0.15) is 0 Å².